The van der Waals surface area contributed by atoms with Crippen molar-refractivity contribution in [2.75, 3.05) is 34.2 Å². The van der Waals surface area contributed by atoms with Gasteiger partial charge in [0.1, 0.15) is 0 Å². The number of nitrogens with zero attached hydrogens (tertiary/aromatic N) is 3. The smallest absolute Gasteiger partial charge is 0.193 e. The van der Waals surface area contributed by atoms with Gasteiger partial charge in [-0.2, -0.15) is 0 Å². The lowest BCUT2D eigenvalue weighted by atomic mass is 10.1. The molecule has 0 unspecified atom stereocenters. The number of aliphatic imine (C=N–C) groups is 1. The van der Waals surface area contributed by atoms with Gasteiger partial charge in [0, 0.05) is 33.2 Å². The fraction of sp³-hybridized carbons (Fsp3) is 0.562. The molecule has 0 aromatic heterocycles. The lowest BCUT2D eigenvalue weighted by molar-refractivity contribution is 0.402. The molecule has 21 heavy (non-hydrogen) atoms. The van der Waals surface area contributed by atoms with Crippen molar-refractivity contribution in [1.29, 1.82) is 0 Å². The maximum Gasteiger partial charge on any atom is 0.193 e. The Morgan fingerprint density at radius 3 is 2.52 bits per heavy atom. The van der Waals surface area contributed by atoms with Crippen molar-refractivity contribution in [1.82, 2.24) is 15.1 Å². The van der Waals surface area contributed by atoms with Crippen LogP contribution in [0.4, 0.5) is 0 Å². The molecule has 0 spiro atoms. The first-order valence-corrected chi connectivity index (χ1v) is 7.37. The van der Waals surface area contributed by atoms with E-state index >= 15 is 0 Å². The van der Waals surface area contributed by atoms with Crippen LogP contribution in [0.3, 0.4) is 0 Å². The van der Waals surface area contributed by atoms with Gasteiger partial charge >= 0.3 is 0 Å². The summed E-state index contributed by atoms with van der Waals surface area (Å²) in [6, 6.07) is 8.75. The second-order valence-corrected chi connectivity index (χ2v) is 5.65. The van der Waals surface area contributed by atoms with Gasteiger partial charge in [0.25, 0.3) is 0 Å². The van der Waals surface area contributed by atoms with Gasteiger partial charge in [0.05, 0.1) is 0 Å². The van der Waals surface area contributed by atoms with E-state index in [9.17, 15) is 0 Å². The normalized spacial score (nSPS) is 15.2. The maximum atomic E-state index is 4.38. The maximum absolute atomic E-state index is 4.38. The summed E-state index contributed by atoms with van der Waals surface area (Å²) in [5.41, 5.74) is 2.66. The Balaban J connectivity index is 0.00000220. The third-order valence-electron chi connectivity index (χ3n) is 3.56. The molecule has 1 N–H and O–H groups in total. The molecule has 2 rings (SSSR count). The molecule has 1 aliphatic rings. The molecule has 1 aliphatic heterocycles. The van der Waals surface area contributed by atoms with Crippen LogP contribution < -0.4 is 5.32 Å². The molecule has 1 heterocycles. The molecule has 0 atom stereocenters. The molecule has 5 heteroatoms. The lowest BCUT2D eigenvalue weighted by Crippen LogP contribution is -2.39. The summed E-state index contributed by atoms with van der Waals surface area (Å²) in [6.45, 7) is 4.07. The standard InChI is InChI=1S/C16H26N4.HI/c1-17-16(20-9-4-5-10-20)18-12-14-7-6-8-15(11-14)13-19(2)3;/h6-8,11H,4-5,9-10,12-13H2,1-3H3,(H,17,18);1H. The van der Waals surface area contributed by atoms with Gasteiger partial charge in [-0.15, -0.1) is 24.0 Å². The average molecular weight is 402 g/mol. The van der Waals surface area contributed by atoms with Gasteiger partial charge in [0.15, 0.2) is 5.96 Å². The van der Waals surface area contributed by atoms with Crippen molar-refractivity contribution in [2.45, 2.75) is 25.9 Å². The molecule has 1 aromatic rings. The fourth-order valence-electron chi connectivity index (χ4n) is 2.65. The number of benzene rings is 1. The highest BCUT2D eigenvalue weighted by molar-refractivity contribution is 14.0. The molecule has 0 amide bonds. The predicted molar refractivity (Wildman–Crippen MR) is 100 cm³/mol. The molecular weight excluding hydrogens is 375 g/mol. The minimum atomic E-state index is 0. The van der Waals surface area contributed by atoms with Crippen LogP contribution >= 0.6 is 24.0 Å². The number of likely N-dealkylation sites (tertiary alicyclic amines) is 1. The summed E-state index contributed by atoms with van der Waals surface area (Å²) >= 11 is 0. The summed E-state index contributed by atoms with van der Waals surface area (Å²) in [7, 11) is 6.06. The van der Waals surface area contributed by atoms with E-state index < -0.39 is 0 Å². The van der Waals surface area contributed by atoms with Crippen molar-refractivity contribution < 1.29 is 0 Å². The number of guanidine groups is 1. The summed E-state index contributed by atoms with van der Waals surface area (Å²) in [5.74, 6) is 1.03. The highest BCUT2D eigenvalue weighted by Crippen LogP contribution is 2.09. The minimum absolute atomic E-state index is 0. The van der Waals surface area contributed by atoms with Gasteiger partial charge in [-0.05, 0) is 38.1 Å². The molecule has 0 radical (unpaired) electrons. The van der Waals surface area contributed by atoms with E-state index in [1.54, 1.807) is 0 Å². The Morgan fingerprint density at radius 1 is 1.24 bits per heavy atom. The van der Waals surface area contributed by atoms with E-state index in [0.29, 0.717) is 0 Å². The van der Waals surface area contributed by atoms with Crippen molar-refractivity contribution in [2.24, 2.45) is 4.99 Å². The first kappa shape index (κ1) is 18.2. The van der Waals surface area contributed by atoms with E-state index in [1.165, 1.54) is 24.0 Å². The Labute approximate surface area is 145 Å². The first-order valence-electron chi connectivity index (χ1n) is 7.37. The molecule has 0 bridgehead atoms. The second-order valence-electron chi connectivity index (χ2n) is 5.65. The van der Waals surface area contributed by atoms with Crippen LogP contribution in [0, 0.1) is 0 Å². The predicted octanol–water partition coefficient (Wildman–Crippen LogP) is 2.54. The number of hydrogen-bond donors (Lipinski definition) is 1. The first-order chi connectivity index (χ1) is 9.69. The molecular formula is C16H27IN4. The zero-order valence-electron chi connectivity index (χ0n) is 13.3. The Morgan fingerprint density at radius 2 is 1.90 bits per heavy atom. The third kappa shape index (κ3) is 5.82. The summed E-state index contributed by atoms with van der Waals surface area (Å²) in [6.07, 6.45) is 2.55. The molecule has 0 aliphatic carbocycles. The van der Waals surface area contributed by atoms with Crippen LogP contribution in [0.25, 0.3) is 0 Å². The quantitative estimate of drug-likeness (QED) is 0.477. The van der Waals surface area contributed by atoms with E-state index in [4.69, 9.17) is 0 Å². The van der Waals surface area contributed by atoms with Crippen molar-refractivity contribution >= 4 is 29.9 Å². The van der Waals surface area contributed by atoms with E-state index in [-0.39, 0.29) is 24.0 Å². The van der Waals surface area contributed by atoms with E-state index in [0.717, 1.165) is 32.1 Å². The van der Waals surface area contributed by atoms with Crippen LogP contribution in [-0.2, 0) is 13.1 Å². The Hall–Kier alpha value is -0.820. The van der Waals surface area contributed by atoms with Gasteiger partial charge in [-0.3, -0.25) is 4.99 Å². The number of hydrogen-bond acceptors (Lipinski definition) is 2. The minimum Gasteiger partial charge on any atom is -0.352 e. The zero-order valence-corrected chi connectivity index (χ0v) is 15.6. The SMILES string of the molecule is CN=C(NCc1cccc(CN(C)C)c1)N1CCCC1.I. The molecule has 4 nitrogen and oxygen atoms in total. The van der Waals surface area contributed by atoms with Crippen LogP contribution in [0.15, 0.2) is 29.3 Å². The summed E-state index contributed by atoms with van der Waals surface area (Å²) in [4.78, 5) is 8.91. The average Bonchev–Trinajstić information content (AvgIpc) is 2.93. The van der Waals surface area contributed by atoms with Crippen LogP contribution in [0.5, 0.6) is 0 Å². The van der Waals surface area contributed by atoms with Gasteiger partial charge < -0.3 is 15.1 Å². The molecule has 1 saturated heterocycles. The number of halogens is 1. The Bertz CT molecular complexity index is 453. The van der Waals surface area contributed by atoms with Gasteiger partial charge in [-0.1, -0.05) is 24.3 Å². The van der Waals surface area contributed by atoms with Crippen LogP contribution in [0.1, 0.15) is 24.0 Å². The topological polar surface area (TPSA) is 30.9 Å². The fourth-order valence-corrected chi connectivity index (χ4v) is 2.65. The lowest BCUT2D eigenvalue weighted by Gasteiger charge is -2.21. The highest BCUT2D eigenvalue weighted by atomic mass is 127. The zero-order chi connectivity index (χ0) is 14.4. The molecule has 1 aromatic carbocycles. The van der Waals surface area contributed by atoms with Crippen molar-refractivity contribution in [3.63, 3.8) is 0 Å². The highest BCUT2D eigenvalue weighted by Gasteiger charge is 2.15. The van der Waals surface area contributed by atoms with Gasteiger partial charge in [-0.25, -0.2) is 0 Å². The monoisotopic (exact) mass is 402 g/mol. The third-order valence-corrected chi connectivity index (χ3v) is 3.56. The van der Waals surface area contributed by atoms with E-state index in [2.05, 4.69) is 58.5 Å². The van der Waals surface area contributed by atoms with Crippen LogP contribution in [-0.4, -0.2) is 50.0 Å². The summed E-state index contributed by atoms with van der Waals surface area (Å²) < 4.78 is 0. The molecule has 118 valence electrons. The largest absolute Gasteiger partial charge is 0.352 e. The second kappa shape index (κ2) is 9.25. The summed E-state index contributed by atoms with van der Waals surface area (Å²) in [5, 5.41) is 3.47. The molecule has 1 fully saturated rings. The Kier molecular flexibility index (Phi) is 8.03. The van der Waals surface area contributed by atoms with Gasteiger partial charge in [0.2, 0.25) is 0 Å². The van der Waals surface area contributed by atoms with Crippen LogP contribution in [0.2, 0.25) is 0 Å². The molecule has 0 saturated carbocycles. The number of rotatable bonds is 4. The van der Waals surface area contributed by atoms with Crippen molar-refractivity contribution in [3.8, 4) is 0 Å². The van der Waals surface area contributed by atoms with E-state index in [1.807, 2.05) is 7.05 Å². The van der Waals surface area contributed by atoms with Crippen molar-refractivity contribution in [3.05, 3.63) is 35.4 Å². The number of nitrogens with one attached hydrogen (secondary N) is 1.